The van der Waals surface area contributed by atoms with Crippen molar-refractivity contribution in [1.29, 1.82) is 0 Å². The maximum absolute atomic E-state index is 5.59. The zero-order valence-electron chi connectivity index (χ0n) is 12.6. The van der Waals surface area contributed by atoms with Gasteiger partial charge in [-0.1, -0.05) is 51.0 Å². The van der Waals surface area contributed by atoms with Gasteiger partial charge in [-0.2, -0.15) is 0 Å². The zero-order valence-corrected chi connectivity index (χ0v) is 12.6. The molecule has 0 unspecified atom stereocenters. The van der Waals surface area contributed by atoms with Crippen molar-refractivity contribution in [2.24, 2.45) is 0 Å². The molecule has 0 bridgehead atoms. The van der Waals surface area contributed by atoms with Crippen molar-refractivity contribution in [3.05, 3.63) is 59.7 Å². The third kappa shape index (κ3) is 6.28. The third-order valence-electron chi connectivity index (χ3n) is 3.01. The number of hydrogen-bond acceptors (Lipinski definition) is 2. The molecule has 0 saturated heterocycles. The van der Waals surface area contributed by atoms with E-state index < -0.39 is 0 Å². The lowest BCUT2D eigenvalue weighted by Gasteiger charge is -1.98. The summed E-state index contributed by atoms with van der Waals surface area (Å²) in [6.07, 6.45) is 4.67. The first-order chi connectivity index (χ1) is 9.65. The Morgan fingerprint density at radius 1 is 0.700 bits per heavy atom. The molecule has 2 rings (SSSR count). The van der Waals surface area contributed by atoms with Crippen molar-refractivity contribution in [2.75, 3.05) is 11.5 Å². The van der Waals surface area contributed by atoms with Crippen molar-refractivity contribution in [3.8, 4) is 0 Å². The Bertz CT molecular complexity index is 489. The molecule has 0 amide bonds. The van der Waals surface area contributed by atoms with Crippen LogP contribution in [0.2, 0.25) is 0 Å². The Hall–Kier alpha value is -1.96. The molecular formula is C18H26N2. The Labute approximate surface area is 122 Å². The van der Waals surface area contributed by atoms with Gasteiger partial charge < -0.3 is 11.5 Å². The first-order valence-electron chi connectivity index (χ1n) is 7.34. The van der Waals surface area contributed by atoms with Crippen LogP contribution >= 0.6 is 0 Å². The predicted molar refractivity (Wildman–Crippen MR) is 89.7 cm³/mol. The summed E-state index contributed by atoms with van der Waals surface area (Å²) in [6.45, 7) is 4.35. The summed E-state index contributed by atoms with van der Waals surface area (Å²) in [5.74, 6) is 0. The Morgan fingerprint density at radius 2 is 1.30 bits per heavy atom. The molecule has 0 aliphatic rings. The first kappa shape index (κ1) is 16.1. The second-order valence-corrected chi connectivity index (χ2v) is 4.99. The fourth-order valence-electron chi connectivity index (χ4n) is 2.01. The summed E-state index contributed by atoms with van der Waals surface area (Å²) in [4.78, 5) is 0. The highest BCUT2D eigenvalue weighted by molar-refractivity contribution is 5.40. The number of aryl methyl sites for hydroxylation is 2. The Balaban J connectivity index is 0.000000200. The molecule has 2 aromatic rings. The van der Waals surface area contributed by atoms with Gasteiger partial charge in [0.2, 0.25) is 0 Å². The fraction of sp³-hybridized carbons (Fsp3) is 0.333. The minimum Gasteiger partial charge on any atom is -0.399 e. The van der Waals surface area contributed by atoms with Gasteiger partial charge >= 0.3 is 0 Å². The van der Waals surface area contributed by atoms with Crippen LogP contribution in [0.25, 0.3) is 0 Å². The monoisotopic (exact) mass is 270 g/mol. The molecule has 0 aliphatic heterocycles. The summed E-state index contributed by atoms with van der Waals surface area (Å²) in [5, 5.41) is 0. The van der Waals surface area contributed by atoms with Crippen LogP contribution in [-0.2, 0) is 12.8 Å². The molecule has 2 heteroatoms. The van der Waals surface area contributed by atoms with Crippen LogP contribution in [-0.4, -0.2) is 0 Å². The van der Waals surface area contributed by atoms with Crippen molar-refractivity contribution in [3.63, 3.8) is 0 Å². The summed E-state index contributed by atoms with van der Waals surface area (Å²) >= 11 is 0. The highest BCUT2D eigenvalue weighted by Crippen LogP contribution is 2.08. The lowest BCUT2D eigenvalue weighted by atomic mass is 10.1. The van der Waals surface area contributed by atoms with Crippen molar-refractivity contribution in [1.82, 2.24) is 0 Å². The van der Waals surface area contributed by atoms with Crippen molar-refractivity contribution >= 4 is 11.4 Å². The second kappa shape index (κ2) is 9.03. The quantitative estimate of drug-likeness (QED) is 0.807. The van der Waals surface area contributed by atoms with E-state index in [1.165, 1.54) is 24.0 Å². The minimum atomic E-state index is 0.847. The molecule has 0 aliphatic carbocycles. The topological polar surface area (TPSA) is 52.0 Å². The van der Waals surface area contributed by atoms with Gasteiger partial charge in [-0.15, -0.1) is 0 Å². The van der Waals surface area contributed by atoms with E-state index in [2.05, 4.69) is 32.0 Å². The van der Waals surface area contributed by atoms with E-state index in [9.17, 15) is 0 Å². The second-order valence-electron chi connectivity index (χ2n) is 4.99. The van der Waals surface area contributed by atoms with E-state index in [-0.39, 0.29) is 0 Å². The average molecular weight is 270 g/mol. The highest BCUT2D eigenvalue weighted by atomic mass is 14.5. The zero-order chi connectivity index (χ0) is 14.8. The maximum atomic E-state index is 5.59. The van der Waals surface area contributed by atoms with Crippen LogP contribution in [0.4, 0.5) is 11.4 Å². The van der Waals surface area contributed by atoms with Gasteiger partial charge in [-0.25, -0.2) is 0 Å². The molecular weight excluding hydrogens is 244 g/mol. The SMILES string of the molecule is CCCc1ccc(N)cc1.CCCc1cccc(N)c1. The molecule has 0 atom stereocenters. The lowest BCUT2D eigenvalue weighted by Crippen LogP contribution is -1.87. The van der Waals surface area contributed by atoms with E-state index in [1.54, 1.807) is 0 Å². The standard InChI is InChI=1S/2C9H13N/c1-2-4-8-5-3-6-9(10)7-8;1-2-3-8-4-6-9(10)7-5-8/h3,5-7H,2,4,10H2,1H3;4-7H,2-3,10H2,1H3. The number of nitrogens with two attached hydrogens (primary N) is 2. The molecule has 20 heavy (non-hydrogen) atoms. The summed E-state index contributed by atoms with van der Waals surface area (Å²) < 4.78 is 0. The van der Waals surface area contributed by atoms with Gasteiger partial charge in [0.05, 0.1) is 0 Å². The van der Waals surface area contributed by atoms with Crippen molar-refractivity contribution < 1.29 is 0 Å². The molecule has 2 nitrogen and oxygen atoms in total. The van der Waals surface area contributed by atoms with Gasteiger partial charge in [0.15, 0.2) is 0 Å². The normalized spacial score (nSPS) is 9.70. The van der Waals surface area contributed by atoms with E-state index in [0.29, 0.717) is 0 Å². The smallest absolute Gasteiger partial charge is 0.0316 e. The minimum absolute atomic E-state index is 0.847. The van der Waals surface area contributed by atoms with Crippen LogP contribution in [0.15, 0.2) is 48.5 Å². The molecule has 4 N–H and O–H groups in total. The molecule has 108 valence electrons. The number of benzene rings is 2. The fourth-order valence-corrected chi connectivity index (χ4v) is 2.01. The van der Waals surface area contributed by atoms with Crippen molar-refractivity contribution in [2.45, 2.75) is 39.5 Å². The lowest BCUT2D eigenvalue weighted by molar-refractivity contribution is 0.922. The number of nitrogen functional groups attached to an aromatic ring is 2. The molecule has 0 spiro atoms. The molecule has 0 saturated carbocycles. The van der Waals surface area contributed by atoms with Gasteiger partial charge in [-0.3, -0.25) is 0 Å². The van der Waals surface area contributed by atoms with E-state index >= 15 is 0 Å². The molecule has 0 heterocycles. The van der Waals surface area contributed by atoms with E-state index in [0.717, 1.165) is 24.2 Å². The molecule has 2 aromatic carbocycles. The highest BCUT2D eigenvalue weighted by Gasteiger charge is 1.89. The molecule has 0 aromatic heterocycles. The van der Waals surface area contributed by atoms with E-state index in [4.69, 9.17) is 11.5 Å². The number of rotatable bonds is 4. The predicted octanol–water partition coefficient (Wildman–Crippen LogP) is 4.44. The average Bonchev–Trinajstić information content (AvgIpc) is 2.43. The first-order valence-corrected chi connectivity index (χ1v) is 7.34. The summed E-state index contributed by atoms with van der Waals surface area (Å²) in [5.41, 5.74) is 15.5. The van der Waals surface area contributed by atoms with Gasteiger partial charge in [0, 0.05) is 11.4 Å². The number of hydrogen-bond donors (Lipinski definition) is 2. The van der Waals surface area contributed by atoms with Gasteiger partial charge in [0.25, 0.3) is 0 Å². The largest absolute Gasteiger partial charge is 0.399 e. The van der Waals surface area contributed by atoms with Crippen LogP contribution in [0, 0.1) is 0 Å². The van der Waals surface area contributed by atoms with E-state index in [1.807, 2.05) is 30.3 Å². The van der Waals surface area contributed by atoms with Crippen LogP contribution in [0.3, 0.4) is 0 Å². The van der Waals surface area contributed by atoms with Crippen LogP contribution in [0.5, 0.6) is 0 Å². The van der Waals surface area contributed by atoms with Gasteiger partial charge in [0.1, 0.15) is 0 Å². The molecule has 0 fully saturated rings. The summed E-state index contributed by atoms with van der Waals surface area (Å²) in [7, 11) is 0. The molecule has 0 radical (unpaired) electrons. The Kier molecular flexibility index (Phi) is 7.26. The maximum Gasteiger partial charge on any atom is 0.0316 e. The Morgan fingerprint density at radius 3 is 1.85 bits per heavy atom. The summed E-state index contributed by atoms with van der Waals surface area (Å²) in [6, 6.07) is 16.1. The third-order valence-corrected chi connectivity index (χ3v) is 3.01. The van der Waals surface area contributed by atoms with Crippen LogP contribution < -0.4 is 11.5 Å². The van der Waals surface area contributed by atoms with Crippen LogP contribution in [0.1, 0.15) is 37.8 Å². The van der Waals surface area contributed by atoms with Gasteiger partial charge in [-0.05, 0) is 48.2 Å². The number of anilines is 2.